The number of likely N-dealkylation sites (tertiary alicyclic amines) is 1. The Kier molecular flexibility index (Phi) is 5.17. The van der Waals surface area contributed by atoms with E-state index >= 15 is 0 Å². The number of alkyl halides is 1. The molecule has 0 aliphatic carbocycles. The second kappa shape index (κ2) is 6.89. The van der Waals surface area contributed by atoms with Crippen molar-refractivity contribution in [1.29, 1.82) is 0 Å². The Bertz CT molecular complexity index is 548. The Balaban J connectivity index is 2.17. The number of carbonyl (C=O) groups excluding carboxylic acids is 1. The van der Waals surface area contributed by atoms with Gasteiger partial charge < -0.3 is 4.90 Å². The summed E-state index contributed by atoms with van der Waals surface area (Å²) < 4.78 is 0. The van der Waals surface area contributed by atoms with Crippen molar-refractivity contribution >= 4 is 23.2 Å². The maximum Gasteiger partial charge on any atom is 0.269 e. The molecule has 21 heavy (non-hydrogen) atoms. The van der Waals surface area contributed by atoms with E-state index in [1.165, 1.54) is 12.1 Å². The molecule has 1 amide bonds. The predicted octanol–water partition coefficient (Wildman–Crippen LogP) is 3.53. The molecule has 0 bridgehead atoms. The molecule has 5 nitrogen and oxygen atoms in total. The Morgan fingerprint density at radius 2 is 2.29 bits per heavy atom. The second-order valence-corrected chi connectivity index (χ2v) is 5.76. The van der Waals surface area contributed by atoms with Crippen molar-refractivity contribution in [1.82, 2.24) is 4.90 Å². The lowest BCUT2D eigenvalue weighted by molar-refractivity contribution is -0.384. The monoisotopic (exact) mass is 310 g/mol. The molecule has 1 aromatic rings. The van der Waals surface area contributed by atoms with Gasteiger partial charge in [-0.3, -0.25) is 14.9 Å². The minimum Gasteiger partial charge on any atom is -0.336 e. The number of benzene rings is 1. The fraction of sp³-hybridized carbons (Fsp3) is 0.533. The lowest BCUT2D eigenvalue weighted by atomic mass is 10.0. The molecule has 6 heteroatoms. The average Bonchev–Trinajstić information content (AvgIpc) is 2.92. The molecule has 114 valence electrons. The highest BCUT2D eigenvalue weighted by molar-refractivity contribution is 6.17. The second-order valence-electron chi connectivity index (χ2n) is 5.38. The van der Waals surface area contributed by atoms with Crippen LogP contribution in [0, 0.1) is 17.0 Å². The number of rotatable bonds is 5. The van der Waals surface area contributed by atoms with Crippen LogP contribution in [-0.4, -0.2) is 34.2 Å². The van der Waals surface area contributed by atoms with Crippen molar-refractivity contribution in [3.63, 3.8) is 0 Å². The highest BCUT2D eigenvalue weighted by atomic mass is 35.5. The molecule has 0 radical (unpaired) electrons. The summed E-state index contributed by atoms with van der Waals surface area (Å²) in [7, 11) is 0. The number of nitro benzene ring substituents is 1. The van der Waals surface area contributed by atoms with E-state index in [-0.39, 0.29) is 17.6 Å². The largest absolute Gasteiger partial charge is 0.336 e. The molecule has 1 aromatic carbocycles. The van der Waals surface area contributed by atoms with Gasteiger partial charge in [0.1, 0.15) is 0 Å². The molecule has 0 N–H and O–H groups in total. The third-order valence-corrected chi connectivity index (χ3v) is 4.23. The van der Waals surface area contributed by atoms with Crippen LogP contribution in [0.15, 0.2) is 18.2 Å². The lowest BCUT2D eigenvalue weighted by Crippen LogP contribution is -2.35. The highest BCUT2D eigenvalue weighted by Crippen LogP contribution is 2.26. The summed E-state index contributed by atoms with van der Waals surface area (Å²) in [6.45, 7) is 2.49. The van der Waals surface area contributed by atoms with Gasteiger partial charge in [0.25, 0.3) is 11.6 Å². The summed E-state index contributed by atoms with van der Waals surface area (Å²) in [6.07, 6.45) is 3.83. The van der Waals surface area contributed by atoms with Crippen LogP contribution in [0.5, 0.6) is 0 Å². The van der Waals surface area contributed by atoms with Crippen LogP contribution in [0.4, 0.5) is 5.69 Å². The van der Waals surface area contributed by atoms with Crippen molar-refractivity contribution in [3.8, 4) is 0 Å². The molecule has 1 saturated heterocycles. The summed E-state index contributed by atoms with van der Waals surface area (Å²) in [6, 6.07) is 4.65. The number of carbonyl (C=O) groups is 1. The van der Waals surface area contributed by atoms with Crippen LogP contribution < -0.4 is 0 Å². The van der Waals surface area contributed by atoms with E-state index in [0.717, 1.165) is 32.2 Å². The van der Waals surface area contributed by atoms with Crippen LogP contribution in [0.1, 0.15) is 41.6 Å². The maximum absolute atomic E-state index is 12.6. The van der Waals surface area contributed by atoms with E-state index in [1.807, 2.05) is 4.90 Å². The third-order valence-electron chi connectivity index (χ3n) is 3.96. The van der Waals surface area contributed by atoms with Crippen LogP contribution in [0.2, 0.25) is 0 Å². The molecular formula is C15H19ClN2O3. The normalized spacial score (nSPS) is 18.0. The molecule has 0 saturated carbocycles. The molecular weight excluding hydrogens is 292 g/mol. The predicted molar refractivity (Wildman–Crippen MR) is 81.8 cm³/mol. The van der Waals surface area contributed by atoms with E-state index in [1.54, 1.807) is 13.0 Å². The molecule has 1 aliphatic heterocycles. The number of halogens is 1. The van der Waals surface area contributed by atoms with Gasteiger partial charge in [-0.05, 0) is 44.2 Å². The van der Waals surface area contributed by atoms with Gasteiger partial charge in [-0.15, -0.1) is 11.6 Å². The first-order chi connectivity index (χ1) is 10.0. The molecule has 0 spiro atoms. The first-order valence-electron chi connectivity index (χ1n) is 7.16. The van der Waals surface area contributed by atoms with Crippen molar-refractivity contribution in [2.24, 2.45) is 0 Å². The summed E-state index contributed by atoms with van der Waals surface area (Å²) in [5.74, 6) is 0.578. The Labute approximate surface area is 129 Å². The first-order valence-corrected chi connectivity index (χ1v) is 7.70. The van der Waals surface area contributed by atoms with Crippen molar-refractivity contribution < 1.29 is 9.72 Å². The maximum atomic E-state index is 12.6. The third kappa shape index (κ3) is 3.53. The fourth-order valence-electron chi connectivity index (χ4n) is 2.87. The summed E-state index contributed by atoms with van der Waals surface area (Å²) in [5, 5.41) is 10.8. The summed E-state index contributed by atoms with van der Waals surface area (Å²) in [4.78, 5) is 24.8. The van der Waals surface area contributed by atoms with Gasteiger partial charge in [-0.25, -0.2) is 0 Å². The quantitative estimate of drug-likeness (QED) is 0.475. The Morgan fingerprint density at radius 1 is 1.52 bits per heavy atom. The zero-order valence-corrected chi connectivity index (χ0v) is 12.8. The SMILES string of the molecule is Cc1cc([N+](=O)[O-])ccc1C(=O)N1CCCC1CCCCl. The lowest BCUT2D eigenvalue weighted by Gasteiger charge is -2.25. The van der Waals surface area contributed by atoms with Gasteiger partial charge >= 0.3 is 0 Å². The van der Waals surface area contributed by atoms with Gasteiger partial charge in [0.05, 0.1) is 4.92 Å². The summed E-state index contributed by atoms with van der Waals surface area (Å²) >= 11 is 5.73. The fourth-order valence-corrected chi connectivity index (χ4v) is 3.03. The van der Waals surface area contributed by atoms with E-state index in [9.17, 15) is 14.9 Å². The van der Waals surface area contributed by atoms with Gasteiger partial charge in [-0.1, -0.05) is 0 Å². The van der Waals surface area contributed by atoms with Gasteiger partial charge in [0, 0.05) is 36.2 Å². The topological polar surface area (TPSA) is 63.5 Å². The van der Waals surface area contributed by atoms with Crippen molar-refractivity contribution in [2.45, 2.75) is 38.6 Å². The van der Waals surface area contributed by atoms with Crippen molar-refractivity contribution in [2.75, 3.05) is 12.4 Å². The Morgan fingerprint density at radius 3 is 2.90 bits per heavy atom. The highest BCUT2D eigenvalue weighted by Gasteiger charge is 2.29. The number of hydrogen-bond donors (Lipinski definition) is 0. The minimum absolute atomic E-state index is 0.0177. The van der Waals surface area contributed by atoms with Gasteiger partial charge in [0.15, 0.2) is 0 Å². The van der Waals surface area contributed by atoms with E-state index in [0.29, 0.717) is 17.0 Å². The zero-order valence-electron chi connectivity index (χ0n) is 12.0. The molecule has 1 atom stereocenters. The molecule has 2 rings (SSSR count). The smallest absolute Gasteiger partial charge is 0.269 e. The number of nitrogens with zero attached hydrogens (tertiary/aromatic N) is 2. The van der Waals surface area contributed by atoms with E-state index in [4.69, 9.17) is 11.6 Å². The molecule has 1 heterocycles. The van der Waals surface area contributed by atoms with Crippen LogP contribution in [0.25, 0.3) is 0 Å². The number of non-ortho nitro benzene ring substituents is 1. The van der Waals surface area contributed by atoms with Crippen molar-refractivity contribution in [3.05, 3.63) is 39.4 Å². The standard InChI is InChI=1S/C15H19ClN2O3/c1-11-10-13(18(20)21)6-7-14(11)15(19)17-9-3-5-12(17)4-2-8-16/h6-7,10,12H,2-5,8-9H2,1H3. The Hall–Kier alpha value is -1.62. The van der Waals surface area contributed by atoms with E-state index < -0.39 is 4.92 Å². The van der Waals surface area contributed by atoms with E-state index in [2.05, 4.69) is 0 Å². The number of amides is 1. The minimum atomic E-state index is -0.444. The van der Waals surface area contributed by atoms with Crippen LogP contribution in [0.3, 0.4) is 0 Å². The number of aryl methyl sites for hydroxylation is 1. The van der Waals surface area contributed by atoms with Crippen LogP contribution in [-0.2, 0) is 0 Å². The molecule has 0 aromatic heterocycles. The van der Waals surface area contributed by atoms with Gasteiger partial charge in [0.2, 0.25) is 0 Å². The molecule has 1 aliphatic rings. The average molecular weight is 311 g/mol. The summed E-state index contributed by atoms with van der Waals surface area (Å²) in [5.41, 5.74) is 1.22. The number of nitro groups is 1. The van der Waals surface area contributed by atoms with Gasteiger partial charge in [-0.2, -0.15) is 0 Å². The van der Waals surface area contributed by atoms with Crippen LogP contribution >= 0.6 is 11.6 Å². The zero-order chi connectivity index (χ0) is 15.4. The first kappa shape index (κ1) is 15.8. The molecule has 1 unspecified atom stereocenters. The number of hydrogen-bond acceptors (Lipinski definition) is 3. The molecule has 1 fully saturated rings.